The molecule has 4 rings (SSSR count). The number of pyridine rings is 2. The van der Waals surface area contributed by atoms with Crippen LogP contribution in [0.15, 0.2) is 37.1 Å². The Morgan fingerprint density at radius 2 is 2.00 bits per heavy atom. The topological polar surface area (TPSA) is 56.0 Å². The van der Waals surface area contributed by atoms with Gasteiger partial charge in [-0.25, -0.2) is 9.50 Å². The van der Waals surface area contributed by atoms with Gasteiger partial charge in [-0.1, -0.05) is 11.6 Å². The van der Waals surface area contributed by atoms with Crippen LogP contribution in [0.5, 0.6) is 0 Å². The van der Waals surface area contributed by atoms with Gasteiger partial charge < -0.3 is 0 Å². The molecule has 6 heteroatoms. The quantitative estimate of drug-likeness (QED) is 0.453. The van der Waals surface area contributed by atoms with Crippen LogP contribution in [0, 0.1) is 0 Å². The molecule has 0 saturated heterocycles. The van der Waals surface area contributed by atoms with Crippen molar-refractivity contribution in [1.29, 1.82) is 0 Å². The molecule has 0 unspecified atom stereocenters. The highest BCUT2D eigenvalue weighted by Gasteiger charge is 2.13. The van der Waals surface area contributed by atoms with E-state index >= 15 is 0 Å². The van der Waals surface area contributed by atoms with E-state index in [1.807, 2.05) is 6.07 Å². The average molecular weight is 256 g/mol. The molecule has 0 atom stereocenters. The predicted molar refractivity (Wildman–Crippen MR) is 68.6 cm³/mol. The van der Waals surface area contributed by atoms with Crippen molar-refractivity contribution in [3.05, 3.63) is 42.2 Å². The fourth-order valence-corrected chi connectivity index (χ4v) is 2.40. The number of fused-ring (bicyclic) bond motifs is 5. The van der Waals surface area contributed by atoms with E-state index in [0.717, 1.165) is 27.3 Å². The first kappa shape index (κ1) is 9.73. The third-order valence-corrected chi connectivity index (χ3v) is 3.19. The van der Waals surface area contributed by atoms with Gasteiger partial charge in [-0.3, -0.25) is 9.97 Å². The second-order valence-electron chi connectivity index (χ2n) is 3.93. The van der Waals surface area contributed by atoms with Crippen molar-refractivity contribution < 1.29 is 0 Å². The highest BCUT2D eigenvalue weighted by Crippen LogP contribution is 2.30. The molecule has 18 heavy (non-hydrogen) atoms. The molecule has 0 bridgehead atoms. The zero-order valence-electron chi connectivity index (χ0n) is 9.08. The highest BCUT2D eigenvalue weighted by atomic mass is 35.5. The second kappa shape index (κ2) is 3.36. The zero-order valence-corrected chi connectivity index (χ0v) is 9.83. The number of hydrogen-bond donors (Lipinski definition) is 0. The number of rotatable bonds is 0. The van der Waals surface area contributed by atoms with Crippen LogP contribution in [0.4, 0.5) is 0 Å². The Morgan fingerprint density at radius 1 is 1.11 bits per heavy atom. The van der Waals surface area contributed by atoms with Gasteiger partial charge in [-0.2, -0.15) is 5.10 Å². The van der Waals surface area contributed by atoms with E-state index < -0.39 is 0 Å². The minimum atomic E-state index is 0.437. The molecule has 0 aromatic carbocycles. The Labute approximate surface area is 106 Å². The molecule has 0 radical (unpaired) electrons. The lowest BCUT2D eigenvalue weighted by molar-refractivity contribution is 0.965. The lowest BCUT2D eigenvalue weighted by atomic mass is 10.2. The molecule has 0 N–H and O–H groups in total. The van der Waals surface area contributed by atoms with Crippen LogP contribution in [0.1, 0.15) is 0 Å². The van der Waals surface area contributed by atoms with Gasteiger partial charge in [0.05, 0.1) is 22.6 Å². The minimum Gasteiger partial charge on any atom is -0.264 e. The minimum absolute atomic E-state index is 0.437. The molecule has 4 heterocycles. The molecule has 5 nitrogen and oxygen atoms in total. The van der Waals surface area contributed by atoms with Crippen molar-refractivity contribution in [2.24, 2.45) is 0 Å². The normalized spacial score (nSPS) is 11.6. The molecule has 0 aliphatic carbocycles. The van der Waals surface area contributed by atoms with Crippen LogP contribution >= 0.6 is 11.6 Å². The Hall–Kier alpha value is -2.27. The standard InChI is InChI=1S/C12H6ClN5/c13-12-10-9-6-15-3-4-18(9)17-11(10)7-5-14-2-1-8(7)16-12/h1-6H. The Kier molecular flexibility index (Phi) is 1.82. The molecule has 0 aliphatic heterocycles. The zero-order chi connectivity index (χ0) is 12.1. The third-order valence-electron chi connectivity index (χ3n) is 2.92. The van der Waals surface area contributed by atoms with Crippen molar-refractivity contribution in [1.82, 2.24) is 24.6 Å². The van der Waals surface area contributed by atoms with Crippen LogP contribution in [-0.4, -0.2) is 24.6 Å². The lowest BCUT2D eigenvalue weighted by Gasteiger charge is -1.98. The van der Waals surface area contributed by atoms with E-state index in [1.54, 1.807) is 35.5 Å². The molecular weight excluding hydrogens is 250 g/mol. The van der Waals surface area contributed by atoms with Crippen LogP contribution in [-0.2, 0) is 0 Å². The van der Waals surface area contributed by atoms with Crippen LogP contribution < -0.4 is 0 Å². The first-order valence-electron chi connectivity index (χ1n) is 5.36. The summed E-state index contributed by atoms with van der Waals surface area (Å²) in [6, 6.07) is 1.82. The van der Waals surface area contributed by atoms with Gasteiger partial charge in [-0.15, -0.1) is 0 Å². The molecule has 0 fully saturated rings. The number of hydrogen-bond acceptors (Lipinski definition) is 4. The maximum absolute atomic E-state index is 6.24. The second-order valence-corrected chi connectivity index (χ2v) is 4.28. The molecule has 0 saturated carbocycles. The summed E-state index contributed by atoms with van der Waals surface area (Å²) in [7, 11) is 0. The molecular formula is C12H6ClN5. The van der Waals surface area contributed by atoms with Gasteiger partial charge in [0, 0.05) is 30.2 Å². The summed E-state index contributed by atoms with van der Waals surface area (Å²) in [6.45, 7) is 0. The summed E-state index contributed by atoms with van der Waals surface area (Å²) in [5.74, 6) is 0. The van der Waals surface area contributed by atoms with Crippen LogP contribution in [0.25, 0.3) is 27.3 Å². The first-order valence-corrected chi connectivity index (χ1v) is 5.74. The summed E-state index contributed by atoms with van der Waals surface area (Å²) in [6.07, 6.45) is 8.63. The van der Waals surface area contributed by atoms with Gasteiger partial charge in [0.25, 0.3) is 0 Å². The highest BCUT2D eigenvalue weighted by molar-refractivity contribution is 6.37. The summed E-state index contributed by atoms with van der Waals surface area (Å²) in [5, 5.41) is 6.65. The largest absolute Gasteiger partial charge is 0.264 e. The maximum atomic E-state index is 6.24. The lowest BCUT2D eigenvalue weighted by Crippen LogP contribution is -1.85. The van der Waals surface area contributed by atoms with Gasteiger partial charge >= 0.3 is 0 Å². The summed E-state index contributed by atoms with van der Waals surface area (Å²) >= 11 is 6.24. The van der Waals surface area contributed by atoms with E-state index in [9.17, 15) is 0 Å². The van der Waals surface area contributed by atoms with Gasteiger partial charge in [0.15, 0.2) is 0 Å². The Balaban J connectivity index is 2.38. The van der Waals surface area contributed by atoms with E-state index in [-0.39, 0.29) is 0 Å². The van der Waals surface area contributed by atoms with Crippen molar-refractivity contribution in [3.8, 4) is 0 Å². The van der Waals surface area contributed by atoms with Crippen LogP contribution in [0.3, 0.4) is 0 Å². The van der Waals surface area contributed by atoms with E-state index in [1.165, 1.54) is 0 Å². The SMILES string of the molecule is Clc1nc2ccncc2c2nn3ccncc3c12. The van der Waals surface area contributed by atoms with Gasteiger partial charge in [0.2, 0.25) is 0 Å². The van der Waals surface area contributed by atoms with Gasteiger partial charge in [0.1, 0.15) is 10.7 Å². The van der Waals surface area contributed by atoms with Crippen molar-refractivity contribution >= 4 is 38.9 Å². The molecule has 0 spiro atoms. The maximum Gasteiger partial charge on any atom is 0.141 e. The molecule has 4 aromatic heterocycles. The van der Waals surface area contributed by atoms with Crippen molar-refractivity contribution in [2.45, 2.75) is 0 Å². The van der Waals surface area contributed by atoms with E-state index in [2.05, 4.69) is 20.1 Å². The predicted octanol–water partition coefficient (Wildman–Crippen LogP) is 2.48. The average Bonchev–Trinajstić information content (AvgIpc) is 2.79. The van der Waals surface area contributed by atoms with Crippen molar-refractivity contribution in [3.63, 3.8) is 0 Å². The number of halogens is 1. The van der Waals surface area contributed by atoms with E-state index in [0.29, 0.717) is 5.15 Å². The summed E-state index contributed by atoms with van der Waals surface area (Å²) in [5.41, 5.74) is 2.43. The first-order chi connectivity index (χ1) is 8.84. The fraction of sp³-hybridized carbons (Fsp3) is 0. The Morgan fingerprint density at radius 3 is 2.94 bits per heavy atom. The molecule has 0 aliphatic rings. The smallest absolute Gasteiger partial charge is 0.141 e. The summed E-state index contributed by atoms with van der Waals surface area (Å²) in [4.78, 5) is 12.6. The van der Waals surface area contributed by atoms with Crippen molar-refractivity contribution in [2.75, 3.05) is 0 Å². The molecule has 86 valence electrons. The fourth-order valence-electron chi connectivity index (χ4n) is 2.12. The molecule has 0 amide bonds. The molecule has 4 aromatic rings. The number of nitrogens with zero attached hydrogens (tertiary/aromatic N) is 5. The number of aromatic nitrogens is 5. The third kappa shape index (κ3) is 1.16. The Bertz CT molecular complexity index is 899. The summed E-state index contributed by atoms with van der Waals surface area (Å²) < 4.78 is 1.75. The van der Waals surface area contributed by atoms with E-state index in [4.69, 9.17) is 11.6 Å². The van der Waals surface area contributed by atoms with Gasteiger partial charge in [-0.05, 0) is 6.07 Å². The monoisotopic (exact) mass is 255 g/mol. The van der Waals surface area contributed by atoms with Crippen LogP contribution in [0.2, 0.25) is 5.15 Å².